The fourth-order valence-corrected chi connectivity index (χ4v) is 1.50. The molecule has 0 radical (unpaired) electrons. The number of rotatable bonds is 8. The molecular weight excluding hydrogens is 520 g/mol. The van der Waals surface area contributed by atoms with E-state index in [1.165, 1.54) is 0 Å². The molecule has 0 atom stereocenters. The summed E-state index contributed by atoms with van der Waals surface area (Å²) in [6.45, 7) is 0. The Morgan fingerprint density at radius 1 is 0.406 bits per heavy atom. The van der Waals surface area contributed by atoms with Gasteiger partial charge < -0.3 is 5.11 Å². The Morgan fingerprint density at radius 3 is 0.781 bits per heavy atom. The van der Waals surface area contributed by atoms with Gasteiger partial charge in [-0.3, -0.25) is 0 Å². The molecule has 2 nitrogen and oxygen atoms in total. The zero-order chi connectivity index (χ0) is 26.1. The van der Waals surface area contributed by atoms with Crippen LogP contribution in [0.15, 0.2) is 0 Å². The fourth-order valence-electron chi connectivity index (χ4n) is 1.50. The van der Waals surface area contributed by atoms with Gasteiger partial charge in [-0.25, -0.2) is 4.79 Å². The molecule has 0 aliphatic carbocycles. The zero-order valence-corrected chi connectivity index (χ0v) is 13.0. The predicted octanol–water partition coefficient (Wildman–Crippen LogP) is 5.07. The summed E-state index contributed by atoms with van der Waals surface area (Å²) in [7, 11) is 0. The molecule has 0 aliphatic heterocycles. The summed E-state index contributed by atoms with van der Waals surface area (Å²) in [5.74, 6) is -73.3. The summed E-state index contributed by atoms with van der Waals surface area (Å²) in [5, 5.41) is 7.61. The van der Waals surface area contributed by atoms with Crippen LogP contribution in [0.4, 0.5) is 83.4 Å². The van der Waals surface area contributed by atoms with E-state index in [2.05, 4.69) is 0 Å². The van der Waals surface area contributed by atoms with Crippen LogP contribution in [0.3, 0.4) is 0 Å². The number of hydrogen-bond acceptors (Lipinski definition) is 1. The van der Waals surface area contributed by atoms with Gasteiger partial charge in [-0.05, 0) is 0 Å². The van der Waals surface area contributed by atoms with Gasteiger partial charge in [-0.2, -0.15) is 83.4 Å². The second-order valence-corrected chi connectivity index (χ2v) is 5.40. The van der Waals surface area contributed by atoms with Crippen LogP contribution in [-0.2, 0) is 4.79 Å². The molecule has 0 bridgehead atoms. The van der Waals surface area contributed by atoms with Crippen molar-refractivity contribution in [1.29, 1.82) is 0 Å². The maximum atomic E-state index is 13.1. The minimum absolute atomic E-state index is 0. The SMILES string of the molecule is O=C(O)C(F)(F)C(F)(F)C(F)(F)C(F)(F)C(F)(F)C(F)(F)C(F)(F)C(F)(F)C(F)(F)F.[LiH]. The predicted molar refractivity (Wildman–Crippen MR) is 60.4 cm³/mol. The summed E-state index contributed by atoms with van der Waals surface area (Å²) >= 11 is 0. The van der Waals surface area contributed by atoms with Crippen LogP contribution in [-0.4, -0.2) is 83.5 Å². The standard InChI is InChI=1S/C10HF19O2.Li.H/c11-2(12,1(30)31)3(13,14)4(15,16)5(17,18)6(19,20)7(21,22)8(23,24)9(25,26)10(27,28)29;;/h(H,30,31);;. The number of carboxylic acids is 1. The second kappa shape index (κ2) is 7.91. The van der Waals surface area contributed by atoms with Crippen LogP contribution in [0, 0.1) is 0 Å². The van der Waals surface area contributed by atoms with Gasteiger partial charge in [0.25, 0.3) is 0 Å². The first kappa shape index (κ1) is 32.9. The van der Waals surface area contributed by atoms with Crippen molar-refractivity contribution >= 4 is 24.8 Å². The maximum absolute atomic E-state index is 13.1. The Balaban J connectivity index is 0. The molecule has 0 saturated carbocycles. The molecule has 0 amide bonds. The van der Waals surface area contributed by atoms with Crippen molar-refractivity contribution in [3.05, 3.63) is 0 Å². The zero-order valence-electron chi connectivity index (χ0n) is 13.0. The van der Waals surface area contributed by atoms with Crippen LogP contribution in [0.2, 0.25) is 0 Å². The Kier molecular flexibility index (Phi) is 8.13. The van der Waals surface area contributed by atoms with Gasteiger partial charge in [0.15, 0.2) is 0 Å². The minimum atomic E-state index is -9.06. The summed E-state index contributed by atoms with van der Waals surface area (Å²) < 4.78 is 242. The van der Waals surface area contributed by atoms with Crippen molar-refractivity contribution in [2.75, 3.05) is 0 Å². The molecule has 22 heteroatoms. The summed E-state index contributed by atoms with van der Waals surface area (Å²) in [6, 6.07) is 0. The molecule has 0 spiro atoms. The second-order valence-electron chi connectivity index (χ2n) is 5.40. The Morgan fingerprint density at radius 2 is 0.594 bits per heavy atom. The van der Waals surface area contributed by atoms with E-state index < -0.39 is 59.5 Å². The van der Waals surface area contributed by atoms with Gasteiger partial charge in [0.2, 0.25) is 0 Å². The molecule has 0 unspecified atom stereocenters. The van der Waals surface area contributed by atoms with Crippen molar-refractivity contribution in [1.82, 2.24) is 0 Å². The van der Waals surface area contributed by atoms with Crippen LogP contribution in [0.1, 0.15) is 0 Å². The quantitative estimate of drug-likeness (QED) is 0.358. The third-order valence-electron chi connectivity index (χ3n) is 3.38. The Hall–Kier alpha value is -1.26. The molecule has 0 fully saturated rings. The van der Waals surface area contributed by atoms with Crippen molar-refractivity contribution in [2.45, 2.75) is 53.6 Å². The van der Waals surface area contributed by atoms with E-state index in [-0.39, 0.29) is 18.9 Å². The number of alkyl halides is 19. The molecular formula is C10H2F19LiO2. The third-order valence-corrected chi connectivity index (χ3v) is 3.38. The van der Waals surface area contributed by atoms with Crippen LogP contribution in [0.5, 0.6) is 0 Å². The molecule has 0 rings (SSSR count). The number of aliphatic carboxylic acids is 1. The molecule has 0 aliphatic rings. The number of hydrogen-bond donors (Lipinski definition) is 1. The Labute approximate surface area is 172 Å². The number of halogens is 19. The van der Waals surface area contributed by atoms with Gasteiger partial charge >= 0.3 is 78.4 Å². The monoisotopic (exact) mass is 522 g/mol. The van der Waals surface area contributed by atoms with Gasteiger partial charge in [-0.1, -0.05) is 0 Å². The van der Waals surface area contributed by atoms with Crippen molar-refractivity contribution in [3.8, 4) is 0 Å². The number of carbonyl (C=O) groups is 1. The average Bonchev–Trinajstić information content (AvgIpc) is 2.52. The normalized spacial score (nSPS) is 16.0. The van der Waals surface area contributed by atoms with E-state index in [1.54, 1.807) is 0 Å². The van der Waals surface area contributed by atoms with E-state index in [9.17, 15) is 88.2 Å². The Bertz CT molecular complexity index is 707. The fraction of sp³-hybridized carbons (Fsp3) is 0.900. The topological polar surface area (TPSA) is 37.3 Å². The molecule has 32 heavy (non-hydrogen) atoms. The van der Waals surface area contributed by atoms with E-state index in [1.807, 2.05) is 0 Å². The molecule has 0 aromatic rings. The van der Waals surface area contributed by atoms with Crippen molar-refractivity contribution in [3.63, 3.8) is 0 Å². The molecule has 1 N–H and O–H groups in total. The van der Waals surface area contributed by atoms with Crippen LogP contribution >= 0.6 is 0 Å². The van der Waals surface area contributed by atoms with Crippen LogP contribution < -0.4 is 0 Å². The first-order valence-corrected chi connectivity index (χ1v) is 6.27. The molecule has 0 aromatic heterocycles. The van der Waals surface area contributed by atoms with E-state index in [0.29, 0.717) is 0 Å². The van der Waals surface area contributed by atoms with E-state index in [0.717, 1.165) is 0 Å². The van der Waals surface area contributed by atoms with Gasteiger partial charge in [0.05, 0.1) is 0 Å². The molecule has 188 valence electrons. The average molecular weight is 522 g/mol. The van der Waals surface area contributed by atoms with Gasteiger partial charge in [0.1, 0.15) is 0 Å². The first-order chi connectivity index (χ1) is 12.9. The van der Waals surface area contributed by atoms with E-state index >= 15 is 0 Å². The van der Waals surface area contributed by atoms with Crippen molar-refractivity contribution in [2.24, 2.45) is 0 Å². The van der Waals surface area contributed by atoms with Gasteiger partial charge in [-0.15, -0.1) is 0 Å². The first-order valence-electron chi connectivity index (χ1n) is 6.27. The van der Waals surface area contributed by atoms with Crippen molar-refractivity contribution < 1.29 is 93.3 Å². The molecule has 0 saturated heterocycles. The summed E-state index contributed by atoms with van der Waals surface area (Å²) in [5.41, 5.74) is 0. The summed E-state index contributed by atoms with van der Waals surface area (Å²) in [6.07, 6.45) is -7.95. The molecule has 0 heterocycles. The van der Waals surface area contributed by atoms with Gasteiger partial charge in [0, 0.05) is 0 Å². The number of carboxylic acid groups (broad SMARTS) is 1. The molecule has 0 aromatic carbocycles. The third kappa shape index (κ3) is 3.75. The summed E-state index contributed by atoms with van der Waals surface area (Å²) in [4.78, 5) is 9.80. The van der Waals surface area contributed by atoms with E-state index in [4.69, 9.17) is 5.11 Å². The van der Waals surface area contributed by atoms with Crippen LogP contribution in [0.25, 0.3) is 0 Å².